The van der Waals surface area contributed by atoms with Gasteiger partial charge in [-0.3, -0.25) is 9.89 Å². The third-order valence-corrected chi connectivity index (χ3v) is 5.46. The lowest BCUT2D eigenvalue weighted by Crippen LogP contribution is -2.28. The summed E-state index contributed by atoms with van der Waals surface area (Å²) in [4.78, 5) is 18.6. The summed E-state index contributed by atoms with van der Waals surface area (Å²) in [5, 5.41) is 7.25. The van der Waals surface area contributed by atoms with E-state index in [0.29, 0.717) is 31.1 Å². The largest absolute Gasteiger partial charge is 0.493 e. The molecule has 10 heteroatoms. The van der Waals surface area contributed by atoms with Gasteiger partial charge in [-0.15, -0.1) is 0 Å². The number of likely N-dealkylation sites (tertiary alicyclic amines) is 1. The molecule has 1 N–H and O–H groups in total. The summed E-state index contributed by atoms with van der Waals surface area (Å²) in [6.45, 7) is 4.62. The number of carbonyl (C=O) groups is 1. The number of benzene rings is 1. The summed E-state index contributed by atoms with van der Waals surface area (Å²) >= 11 is 0. The number of ether oxygens (including phenoxy) is 1. The highest BCUT2D eigenvalue weighted by Crippen LogP contribution is 2.36. The molecule has 1 aliphatic rings. The number of nitrogens with one attached hydrogen (secondary N) is 1. The fourth-order valence-corrected chi connectivity index (χ4v) is 3.87. The first-order valence-corrected chi connectivity index (χ1v) is 10.3. The number of hydrogen-bond acceptors (Lipinski definition) is 5. The lowest BCUT2D eigenvalue weighted by atomic mass is 10.0. The van der Waals surface area contributed by atoms with Crippen LogP contribution < -0.4 is 4.74 Å². The second kappa shape index (κ2) is 8.68. The summed E-state index contributed by atoms with van der Waals surface area (Å²) in [5.74, 6) is 0.418. The number of aromatic nitrogens is 3. The Hall–Kier alpha value is -3.30. The number of aryl methyl sites for hydroxylation is 2. The third-order valence-electron chi connectivity index (χ3n) is 5.46. The van der Waals surface area contributed by atoms with Crippen molar-refractivity contribution in [3.63, 3.8) is 0 Å². The minimum atomic E-state index is -4.47. The molecule has 170 valence electrons. The number of halogens is 3. The maximum atomic E-state index is 13.1. The third kappa shape index (κ3) is 4.63. The van der Waals surface area contributed by atoms with E-state index in [-0.39, 0.29) is 29.9 Å². The van der Waals surface area contributed by atoms with Crippen molar-refractivity contribution in [3.8, 4) is 5.75 Å². The monoisotopic (exact) mass is 448 g/mol. The number of para-hydroxylation sites is 1. The molecule has 1 aromatic carbocycles. The van der Waals surface area contributed by atoms with Gasteiger partial charge in [-0.05, 0) is 31.5 Å². The van der Waals surface area contributed by atoms with Gasteiger partial charge < -0.3 is 14.1 Å². The lowest BCUT2D eigenvalue weighted by Gasteiger charge is -2.14. The van der Waals surface area contributed by atoms with Crippen LogP contribution in [0.2, 0.25) is 0 Å². The van der Waals surface area contributed by atoms with Crippen LogP contribution in [0.5, 0.6) is 5.75 Å². The topological polar surface area (TPSA) is 84.3 Å². The molecular formula is C22H23F3N4O3. The summed E-state index contributed by atoms with van der Waals surface area (Å²) < 4.78 is 50.0. The fraction of sp³-hybridized carbons (Fsp3) is 0.409. The number of rotatable bonds is 6. The Kier molecular flexibility index (Phi) is 5.94. The summed E-state index contributed by atoms with van der Waals surface area (Å²) in [6, 6.07) is 7.02. The Morgan fingerprint density at radius 2 is 2.09 bits per heavy atom. The smallest absolute Gasteiger partial charge is 0.419 e. The fourth-order valence-electron chi connectivity index (χ4n) is 3.87. The number of nitrogens with zero attached hydrogens (tertiary/aromatic N) is 3. The Labute approximate surface area is 182 Å². The maximum absolute atomic E-state index is 13.1. The molecule has 1 saturated heterocycles. The van der Waals surface area contributed by atoms with E-state index in [0.717, 1.165) is 23.9 Å². The summed E-state index contributed by atoms with van der Waals surface area (Å²) in [5.41, 5.74) is 1.36. The first-order valence-electron chi connectivity index (χ1n) is 10.3. The van der Waals surface area contributed by atoms with Crippen molar-refractivity contribution in [2.75, 3.05) is 19.7 Å². The number of carbonyl (C=O) groups excluding carboxylic acids is 1. The zero-order valence-corrected chi connectivity index (χ0v) is 17.7. The molecule has 4 rings (SSSR count). The average molecular weight is 448 g/mol. The lowest BCUT2D eigenvalue weighted by molar-refractivity contribution is -0.138. The van der Waals surface area contributed by atoms with Crippen molar-refractivity contribution in [2.24, 2.45) is 0 Å². The molecule has 1 amide bonds. The van der Waals surface area contributed by atoms with Crippen LogP contribution >= 0.6 is 0 Å². The van der Waals surface area contributed by atoms with E-state index in [1.807, 2.05) is 6.07 Å². The molecule has 7 nitrogen and oxygen atoms in total. The van der Waals surface area contributed by atoms with E-state index in [1.165, 1.54) is 18.2 Å². The van der Waals surface area contributed by atoms with Gasteiger partial charge in [-0.25, -0.2) is 4.98 Å². The highest BCUT2D eigenvalue weighted by molar-refractivity contribution is 5.92. The van der Waals surface area contributed by atoms with Gasteiger partial charge in [0.05, 0.1) is 23.6 Å². The highest BCUT2D eigenvalue weighted by atomic mass is 19.4. The van der Waals surface area contributed by atoms with Crippen molar-refractivity contribution in [3.05, 3.63) is 64.6 Å². The van der Waals surface area contributed by atoms with Gasteiger partial charge in [0.25, 0.3) is 5.91 Å². The van der Waals surface area contributed by atoms with Crippen LogP contribution in [0.1, 0.15) is 51.4 Å². The Balaban J connectivity index is 1.33. The molecule has 2 aromatic heterocycles. The molecule has 0 spiro atoms. The first kappa shape index (κ1) is 21.9. The second-order valence-electron chi connectivity index (χ2n) is 7.79. The van der Waals surface area contributed by atoms with Crippen molar-refractivity contribution in [2.45, 2.75) is 38.8 Å². The Bertz CT molecular complexity index is 1110. The van der Waals surface area contributed by atoms with Gasteiger partial charge in [0.15, 0.2) is 5.89 Å². The van der Waals surface area contributed by atoms with Gasteiger partial charge in [0.2, 0.25) is 5.76 Å². The highest BCUT2D eigenvalue weighted by Gasteiger charge is 2.34. The first-order chi connectivity index (χ1) is 15.2. The van der Waals surface area contributed by atoms with Gasteiger partial charge in [-0.2, -0.15) is 18.3 Å². The molecule has 1 fully saturated rings. The van der Waals surface area contributed by atoms with Crippen LogP contribution in [-0.4, -0.2) is 45.7 Å². The number of amides is 1. The molecule has 3 aromatic rings. The predicted molar refractivity (Wildman–Crippen MR) is 108 cm³/mol. The van der Waals surface area contributed by atoms with Crippen molar-refractivity contribution >= 4 is 5.91 Å². The minimum Gasteiger partial charge on any atom is -0.493 e. The van der Waals surface area contributed by atoms with E-state index in [9.17, 15) is 18.0 Å². The van der Waals surface area contributed by atoms with Crippen LogP contribution in [0.4, 0.5) is 13.2 Å². The molecule has 32 heavy (non-hydrogen) atoms. The molecule has 0 radical (unpaired) electrons. The molecule has 1 unspecified atom stereocenters. The molecule has 0 bridgehead atoms. The summed E-state index contributed by atoms with van der Waals surface area (Å²) in [6.07, 6.45) is -3.32. The van der Waals surface area contributed by atoms with Crippen molar-refractivity contribution in [1.29, 1.82) is 0 Å². The van der Waals surface area contributed by atoms with Crippen LogP contribution in [-0.2, 0) is 12.6 Å². The van der Waals surface area contributed by atoms with Crippen LogP contribution in [0.25, 0.3) is 0 Å². The van der Waals surface area contributed by atoms with Crippen molar-refractivity contribution < 1.29 is 27.1 Å². The van der Waals surface area contributed by atoms with Crippen LogP contribution in [0.15, 0.2) is 34.7 Å². The van der Waals surface area contributed by atoms with E-state index < -0.39 is 11.7 Å². The summed E-state index contributed by atoms with van der Waals surface area (Å²) in [7, 11) is 0. The zero-order chi connectivity index (χ0) is 22.9. The number of alkyl halides is 3. The number of H-pyrrole nitrogens is 1. The molecule has 0 saturated carbocycles. The zero-order valence-electron chi connectivity index (χ0n) is 17.7. The minimum absolute atomic E-state index is 0.0696. The van der Waals surface area contributed by atoms with Gasteiger partial charge in [-0.1, -0.05) is 12.1 Å². The van der Waals surface area contributed by atoms with Gasteiger partial charge >= 0.3 is 6.18 Å². The predicted octanol–water partition coefficient (Wildman–Crippen LogP) is 4.28. The molecule has 0 aliphatic carbocycles. The number of aromatic amines is 1. The Morgan fingerprint density at radius 1 is 1.31 bits per heavy atom. The SMILES string of the molecule is Cc1nc(C)c(C(=O)N2CCC(c3cc(CCOc4ccccc4C(F)(F)F)[nH]n3)C2)o1. The molecule has 3 heterocycles. The normalized spacial score (nSPS) is 16.5. The second-order valence-corrected chi connectivity index (χ2v) is 7.79. The molecule has 1 aliphatic heterocycles. The molecular weight excluding hydrogens is 425 g/mol. The van der Waals surface area contributed by atoms with E-state index in [2.05, 4.69) is 15.2 Å². The van der Waals surface area contributed by atoms with E-state index in [1.54, 1.807) is 18.7 Å². The van der Waals surface area contributed by atoms with Gasteiger partial charge in [0, 0.05) is 38.0 Å². The average Bonchev–Trinajstić information content (AvgIpc) is 3.47. The Morgan fingerprint density at radius 3 is 2.81 bits per heavy atom. The van der Waals surface area contributed by atoms with Crippen LogP contribution in [0.3, 0.4) is 0 Å². The quantitative estimate of drug-likeness (QED) is 0.608. The van der Waals surface area contributed by atoms with Crippen LogP contribution in [0, 0.1) is 13.8 Å². The van der Waals surface area contributed by atoms with Crippen molar-refractivity contribution in [1.82, 2.24) is 20.1 Å². The van der Waals surface area contributed by atoms with E-state index in [4.69, 9.17) is 9.15 Å². The van der Waals surface area contributed by atoms with E-state index >= 15 is 0 Å². The maximum Gasteiger partial charge on any atom is 0.419 e. The standard InChI is InChI=1S/C22H23F3N4O3/c1-13-20(32-14(2)26-13)21(30)29-9-7-15(12-29)18-11-16(27-28-18)8-10-31-19-6-4-3-5-17(19)22(23,24)25/h3-6,11,15H,7-10,12H2,1-2H3,(H,27,28). The number of hydrogen-bond donors (Lipinski definition) is 1. The number of oxazole rings is 1. The molecule has 1 atom stereocenters. The van der Waals surface area contributed by atoms with Gasteiger partial charge in [0.1, 0.15) is 5.75 Å².